The Balaban J connectivity index is 1.74. The fourth-order valence-electron chi connectivity index (χ4n) is 3.90. The van der Waals surface area contributed by atoms with Crippen LogP contribution in [0, 0.1) is 0 Å². The average molecular weight is 430 g/mol. The van der Waals surface area contributed by atoms with Gasteiger partial charge in [0.05, 0.1) is 18.0 Å². The molecule has 1 aliphatic rings. The molecule has 2 aromatic carbocycles. The molecule has 0 N–H and O–H groups in total. The summed E-state index contributed by atoms with van der Waals surface area (Å²) in [4.78, 5) is 13.1. The van der Waals surface area contributed by atoms with Crippen LogP contribution in [0.3, 0.4) is 0 Å². The number of carbonyl (C=O) groups is 1. The van der Waals surface area contributed by atoms with Crippen LogP contribution in [0.15, 0.2) is 59.5 Å². The summed E-state index contributed by atoms with van der Waals surface area (Å²) in [5, 5.41) is 0. The summed E-state index contributed by atoms with van der Waals surface area (Å²) in [5.41, 5.74) is 0.857. The Morgan fingerprint density at radius 3 is 2.20 bits per heavy atom. The van der Waals surface area contributed by atoms with Crippen LogP contribution in [0.1, 0.15) is 63.5 Å². The summed E-state index contributed by atoms with van der Waals surface area (Å²) < 4.78 is 33.0. The highest BCUT2D eigenvalue weighted by Gasteiger charge is 2.59. The monoisotopic (exact) mass is 429 g/mol. The number of carbonyl (C=O) groups excluding carboxylic acids is 1. The predicted octanol–water partition coefficient (Wildman–Crippen LogP) is 5.13. The van der Waals surface area contributed by atoms with Crippen molar-refractivity contribution < 1.29 is 17.9 Å². The van der Waals surface area contributed by atoms with Gasteiger partial charge in [-0.3, -0.25) is 4.79 Å². The molecule has 0 amide bonds. The zero-order chi connectivity index (χ0) is 21.6. The van der Waals surface area contributed by atoms with E-state index < -0.39 is 22.1 Å². The zero-order valence-corrected chi connectivity index (χ0v) is 18.6. The van der Waals surface area contributed by atoms with E-state index in [2.05, 4.69) is 6.92 Å². The van der Waals surface area contributed by atoms with E-state index in [-0.39, 0.29) is 10.7 Å². The normalized spacial score (nSPS) is 20.7. The molecule has 1 heterocycles. The minimum Gasteiger partial charge on any atom is -0.497 e. The molecule has 0 aliphatic carbocycles. The van der Waals surface area contributed by atoms with E-state index in [4.69, 9.17) is 4.74 Å². The third kappa shape index (κ3) is 5.10. The SMILES string of the molecule is CCCCCCCCC(=O)C1C(c2ccccc2)N1S(=O)(=O)c1ccc(OC)cc1. The second-order valence-electron chi connectivity index (χ2n) is 7.79. The second kappa shape index (κ2) is 10.2. The Labute approximate surface area is 180 Å². The highest BCUT2D eigenvalue weighted by Crippen LogP contribution is 2.48. The summed E-state index contributed by atoms with van der Waals surface area (Å²) in [6.45, 7) is 2.18. The molecule has 0 spiro atoms. The van der Waals surface area contributed by atoms with Crippen LogP contribution < -0.4 is 4.74 Å². The van der Waals surface area contributed by atoms with E-state index in [0.717, 1.165) is 24.8 Å². The van der Waals surface area contributed by atoms with Gasteiger partial charge in [0.15, 0.2) is 5.78 Å². The second-order valence-corrected chi connectivity index (χ2v) is 9.64. The van der Waals surface area contributed by atoms with E-state index in [0.29, 0.717) is 12.2 Å². The average Bonchev–Trinajstić information content (AvgIpc) is 3.53. The van der Waals surface area contributed by atoms with Gasteiger partial charge < -0.3 is 4.74 Å². The highest BCUT2D eigenvalue weighted by atomic mass is 32.2. The molecular formula is C24H31NO4S. The zero-order valence-electron chi connectivity index (χ0n) is 17.8. The third-order valence-electron chi connectivity index (χ3n) is 5.64. The van der Waals surface area contributed by atoms with E-state index >= 15 is 0 Å². The molecule has 1 fully saturated rings. The molecule has 1 saturated heterocycles. The number of unbranched alkanes of at least 4 members (excludes halogenated alkanes) is 5. The van der Waals surface area contributed by atoms with Crippen molar-refractivity contribution >= 4 is 15.8 Å². The molecule has 3 atom stereocenters. The topological polar surface area (TPSA) is 63.5 Å². The van der Waals surface area contributed by atoms with Crippen LogP contribution in [-0.4, -0.2) is 31.7 Å². The Kier molecular flexibility index (Phi) is 7.67. The summed E-state index contributed by atoms with van der Waals surface area (Å²) in [6.07, 6.45) is 6.99. The number of methoxy groups -OCH3 is 1. The first-order chi connectivity index (χ1) is 14.5. The van der Waals surface area contributed by atoms with Crippen LogP contribution in [0.4, 0.5) is 0 Å². The number of ether oxygens (including phenoxy) is 1. The number of rotatable bonds is 12. The first kappa shape index (κ1) is 22.5. The number of ketones is 1. The van der Waals surface area contributed by atoms with E-state index in [1.54, 1.807) is 12.1 Å². The first-order valence-corrected chi connectivity index (χ1v) is 12.2. The fraction of sp³-hybridized carbons (Fsp3) is 0.458. The minimum absolute atomic E-state index is 0.0106. The maximum absolute atomic E-state index is 13.3. The molecule has 0 saturated carbocycles. The Bertz CT molecular complexity index is 925. The van der Waals surface area contributed by atoms with Crippen molar-refractivity contribution in [2.45, 2.75) is 68.8 Å². The van der Waals surface area contributed by atoms with Gasteiger partial charge in [-0.15, -0.1) is 0 Å². The Morgan fingerprint density at radius 1 is 0.933 bits per heavy atom. The number of nitrogens with zero attached hydrogens (tertiary/aromatic N) is 1. The Morgan fingerprint density at radius 2 is 1.57 bits per heavy atom. The van der Waals surface area contributed by atoms with Gasteiger partial charge >= 0.3 is 0 Å². The molecule has 6 heteroatoms. The molecule has 3 rings (SSSR count). The van der Waals surface area contributed by atoms with Crippen LogP contribution in [0.5, 0.6) is 5.75 Å². The molecule has 30 heavy (non-hydrogen) atoms. The fourth-order valence-corrected chi connectivity index (χ4v) is 5.64. The summed E-state index contributed by atoms with van der Waals surface area (Å²) >= 11 is 0. The van der Waals surface area contributed by atoms with Gasteiger partial charge in [-0.2, -0.15) is 4.31 Å². The van der Waals surface area contributed by atoms with Crippen molar-refractivity contribution in [1.82, 2.24) is 4.31 Å². The van der Waals surface area contributed by atoms with Crippen LogP contribution in [0.2, 0.25) is 0 Å². The van der Waals surface area contributed by atoms with Crippen molar-refractivity contribution in [2.75, 3.05) is 7.11 Å². The number of sulfonamides is 1. The van der Waals surface area contributed by atoms with Crippen LogP contribution >= 0.6 is 0 Å². The molecule has 0 radical (unpaired) electrons. The number of benzene rings is 2. The lowest BCUT2D eigenvalue weighted by atomic mass is 10.0. The maximum atomic E-state index is 13.3. The lowest BCUT2D eigenvalue weighted by Gasteiger charge is -2.08. The van der Waals surface area contributed by atoms with Crippen molar-refractivity contribution in [3.05, 3.63) is 60.2 Å². The lowest BCUT2D eigenvalue weighted by Crippen LogP contribution is -2.19. The molecule has 1 aliphatic heterocycles. The molecular weight excluding hydrogens is 398 g/mol. The van der Waals surface area contributed by atoms with E-state index in [9.17, 15) is 13.2 Å². The van der Waals surface area contributed by atoms with Gasteiger partial charge in [0.2, 0.25) is 10.0 Å². The van der Waals surface area contributed by atoms with Crippen molar-refractivity contribution in [1.29, 1.82) is 0 Å². The molecule has 3 unspecified atom stereocenters. The van der Waals surface area contributed by atoms with Crippen LogP contribution in [-0.2, 0) is 14.8 Å². The van der Waals surface area contributed by atoms with Gasteiger partial charge in [-0.25, -0.2) is 8.42 Å². The minimum atomic E-state index is -3.77. The molecule has 0 aromatic heterocycles. The lowest BCUT2D eigenvalue weighted by molar-refractivity contribution is -0.119. The summed E-state index contributed by atoms with van der Waals surface area (Å²) in [5.74, 6) is 0.603. The predicted molar refractivity (Wildman–Crippen MR) is 118 cm³/mol. The third-order valence-corrected chi connectivity index (χ3v) is 7.52. The largest absolute Gasteiger partial charge is 0.497 e. The van der Waals surface area contributed by atoms with E-state index in [1.807, 2.05) is 30.3 Å². The standard InChI is InChI=1S/C24H31NO4S/c1-3-4-5-6-7-11-14-22(26)24-23(19-12-9-8-10-13-19)25(24)30(27,28)21-17-15-20(29-2)16-18-21/h8-10,12-13,15-18,23-24H,3-7,11,14H2,1-2H3. The number of hydrogen-bond donors (Lipinski definition) is 0. The van der Waals surface area contributed by atoms with E-state index in [1.165, 1.54) is 42.8 Å². The Hall–Kier alpha value is -2.18. The van der Waals surface area contributed by atoms with Gasteiger partial charge in [0, 0.05) is 6.42 Å². The van der Waals surface area contributed by atoms with Gasteiger partial charge in [0.1, 0.15) is 11.8 Å². The summed E-state index contributed by atoms with van der Waals surface area (Å²) in [6, 6.07) is 14.7. The quantitative estimate of drug-likeness (QED) is 0.347. The molecule has 162 valence electrons. The molecule has 2 aromatic rings. The smallest absolute Gasteiger partial charge is 0.244 e. The number of Topliss-reactive ketones (excluding diaryl/α,β-unsaturated/α-hetero) is 1. The van der Waals surface area contributed by atoms with Crippen molar-refractivity contribution in [2.24, 2.45) is 0 Å². The first-order valence-electron chi connectivity index (χ1n) is 10.8. The van der Waals surface area contributed by atoms with Gasteiger partial charge in [0.25, 0.3) is 0 Å². The number of hydrogen-bond acceptors (Lipinski definition) is 4. The van der Waals surface area contributed by atoms with Crippen molar-refractivity contribution in [3.63, 3.8) is 0 Å². The van der Waals surface area contributed by atoms with Gasteiger partial charge in [-0.1, -0.05) is 69.4 Å². The summed E-state index contributed by atoms with van der Waals surface area (Å²) in [7, 11) is -2.23. The highest BCUT2D eigenvalue weighted by molar-refractivity contribution is 7.89. The van der Waals surface area contributed by atoms with Crippen molar-refractivity contribution in [3.8, 4) is 5.75 Å². The molecule has 5 nitrogen and oxygen atoms in total. The molecule has 0 bridgehead atoms. The van der Waals surface area contributed by atoms with Crippen LogP contribution in [0.25, 0.3) is 0 Å². The maximum Gasteiger partial charge on any atom is 0.244 e. The van der Waals surface area contributed by atoms with Gasteiger partial charge in [-0.05, 0) is 36.2 Å².